The summed E-state index contributed by atoms with van der Waals surface area (Å²) in [5.41, 5.74) is 0. The molecule has 2 nitrogen and oxygen atoms in total. The quantitative estimate of drug-likeness (QED) is 0.592. The summed E-state index contributed by atoms with van der Waals surface area (Å²) in [6, 6.07) is 0. The summed E-state index contributed by atoms with van der Waals surface area (Å²) in [5, 5.41) is 0. The highest BCUT2D eigenvalue weighted by Crippen LogP contribution is 2.20. The molecule has 0 radical (unpaired) electrons. The van der Waals surface area contributed by atoms with E-state index in [1.54, 1.807) is 0 Å². The van der Waals surface area contributed by atoms with Gasteiger partial charge >= 0.3 is 6.36 Å². The van der Waals surface area contributed by atoms with Crippen LogP contribution in [0.5, 0.6) is 0 Å². The van der Waals surface area contributed by atoms with Gasteiger partial charge in [0.1, 0.15) is 0 Å². The maximum Gasteiger partial charge on any atom is 0.525 e. The monoisotopic (exact) mass is 166 g/mol. The Morgan fingerprint density at radius 3 is 2.45 bits per heavy atom. The normalized spacial score (nSPS) is 23.4. The third-order valence-corrected chi connectivity index (χ3v) is 0.920. The lowest BCUT2D eigenvalue weighted by Crippen LogP contribution is -2.23. The van der Waals surface area contributed by atoms with Gasteiger partial charge in [0, 0.05) is 0 Å². The zero-order chi connectivity index (χ0) is 8.32. The minimum atomic E-state index is -4.65. The Kier molecular flexibility index (Phi) is 2.19. The largest absolute Gasteiger partial charge is 0.525 e. The van der Waals surface area contributed by atoms with Crippen LogP contribution in [0.2, 0.25) is 0 Å². The number of halogens is 3. The highest BCUT2D eigenvalue weighted by molar-refractivity contribution is 5.05. The SMILES string of the molecule is FC(F)(F)O[C@@H]1C=CC=CO1. The molecule has 1 aliphatic heterocycles. The second-order valence-corrected chi connectivity index (χ2v) is 1.78. The molecule has 0 spiro atoms. The van der Waals surface area contributed by atoms with Crippen LogP contribution in [0.15, 0.2) is 24.5 Å². The van der Waals surface area contributed by atoms with Crippen molar-refractivity contribution in [2.45, 2.75) is 12.7 Å². The van der Waals surface area contributed by atoms with Crippen LogP contribution in [0.4, 0.5) is 13.2 Å². The summed E-state index contributed by atoms with van der Waals surface area (Å²) >= 11 is 0. The lowest BCUT2D eigenvalue weighted by molar-refractivity contribution is -0.363. The van der Waals surface area contributed by atoms with E-state index in [1.165, 1.54) is 12.2 Å². The minimum absolute atomic E-state index is 1.14. The fourth-order valence-corrected chi connectivity index (χ4v) is 0.567. The van der Waals surface area contributed by atoms with E-state index in [2.05, 4.69) is 9.47 Å². The van der Waals surface area contributed by atoms with E-state index in [4.69, 9.17) is 0 Å². The third kappa shape index (κ3) is 3.08. The van der Waals surface area contributed by atoms with Crippen LogP contribution < -0.4 is 0 Å². The zero-order valence-electron chi connectivity index (χ0n) is 5.34. The van der Waals surface area contributed by atoms with Gasteiger partial charge in [-0.2, -0.15) is 0 Å². The Bertz CT molecular complexity index is 183. The molecule has 0 unspecified atom stereocenters. The van der Waals surface area contributed by atoms with Gasteiger partial charge in [-0.05, 0) is 12.2 Å². The van der Waals surface area contributed by atoms with E-state index in [0.717, 1.165) is 12.3 Å². The Hall–Kier alpha value is -0.970. The first-order valence-corrected chi connectivity index (χ1v) is 2.81. The van der Waals surface area contributed by atoms with Gasteiger partial charge < -0.3 is 4.74 Å². The van der Waals surface area contributed by atoms with Crippen LogP contribution in [0.25, 0.3) is 0 Å². The van der Waals surface area contributed by atoms with Crippen molar-refractivity contribution in [1.29, 1.82) is 0 Å². The predicted molar refractivity (Wildman–Crippen MR) is 30.3 cm³/mol. The first-order chi connectivity index (χ1) is 5.08. The number of ether oxygens (including phenoxy) is 2. The number of hydrogen-bond acceptors (Lipinski definition) is 2. The molecule has 11 heavy (non-hydrogen) atoms. The average Bonchev–Trinajstić information content (AvgIpc) is 1.85. The van der Waals surface area contributed by atoms with Gasteiger partial charge in [0.25, 0.3) is 0 Å². The van der Waals surface area contributed by atoms with Crippen molar-refractivity contribution in [3.8, 4) is 0 Å². The van der Waals surface area contributed by atoms with Crippen LogP contribution in [0.3, 0.4) is 0 Å². The molecule has 1 atom stereocenters. The van der Waals surface area contributed by atoms with E-state index in [1.807, 2.05) is 0 Å². The summed E-state index contributed by atoms with van der Waals surface area (Å²) < 4.78 is 42.4. The van der Waals surface area contributed by atoms with Crippen molar-refractivity contribution >= 4 is 0 Å². The van der Waals surface area contributed by atoms with Crippen molar-refractivity contribution in [2.75, 3.05) is 0 Å². The van der Waals surface area contributed by atoms with E-state index < -0.39 is 12.7 Å². The zero-order valence-corrected chi connectivity index (χ0v) is 5.34. The smallest absolute Gasteiger partial charge is 0.469 e. The van der Waals surface area contributed by atoms with Crippen LogP contribution >= 0.6 is 0 Å². The van der Waals surface area contributed by atoms with E-state index in [9.17, 15) is 13.2 Å². The first kappa shape index (κ1) is 8.13. The molecule has 0 amide bonds. The maximum atomic E-state index is 11.5. The average molecular weight is 166 g/mol. The molecular weight excluding hydrogens is 161 g/mol. The van der Waals surface area contributed by atoms with Gasteiger partial charge in [-0.25, -0.2) is 4.74 Å². The molecule has 0 N–H and O–H groups in total. The summed E-state index contributed by atoms with van der Waals surface area (Å²) in [6.45, 7) is 0. The predicted octanol–water partition coefficient (Wildman–Crippen LogP) is 1.95. The number of rotatable bonds is 1. The second kappa shape index (κ2) is 2.96. The molecule has 62 valence electrons. The summed E-state index contributed by atoms with van der Waals surface area (Å²) in [6.07, 6.45) is -0.819. The fourth-order valence-electron chi connectivity index (χ4n) is 0.567. The van der Waals surface area contributed by atoms with Crippen molar-refractivity contribution < 1.29 is 22.6 Å². The summed E-state index contributed by atoms with van der Waals surface area (Å²) in [5.74, 6) is 0. The molecule has 1 aliphatic rings. The van der Waals surface area contributed by atoms with Crippen molar-refractivity contribution in [3.05, 3.63) is 24.5 Å². The maximum absolute atomic E-state index is 11.5. The van der Waals surface area contributed by atoms with E-state index in [0.29, 0.717) is 0 Å². The molecule has 0 aromatic heterocycles. The van der Waals surface area contributed by atoms with Crippen LogP contribution in [0, 0.1) is 0 Å². The van der Waals surface area contributed by atoms with Gasteiger partial charge in [-0.15, -0.1) is 13.2 Å². The topological polar surface area (TPSA) is 18.5 Å². The Morgan fingerprint density at radius 2 is 2.00 bits per heavy atom. The molecule has 0 aromatic rings. The Morgan fingerprint density at radius 1 is 1.27 bits per heavy atom. The van der Waals surface area contributed by atoms with Crippen molar-refractivity contribution in [1.82, 2.24) is 0 Å². The Labute approximate surface area is 60.9 Å². The van der Waals surface area contributed by atoms with Crippen LogP contribution in [-0.4, -0.2) is 12.7 Å². The highest BCUT2D eigenvalue weighted by Gasteiger charge is 2.33. The summed E-state index contributed by atoms with van der Waals surface area (Å²) in [4.78, 5) is 0. The fraction of sp³-hybridized carbons (Fsp3) is 0.333. The lowest BCUT2D eigenvalue weighted by Gasteiger charge is -2.16. The molecule has 0 aliphatic carbocycles. The molecule has 1 rings (SSSR count). The number of alkyl halides is 3. The van der Waals surface area contributed by atoms with Crippen molar-refractivity contribution in [3.63, 3.8) is 0 Å². The number of allylic oxidation sites excluding steroid dienone is 2. The summed E-state index contributed by atoms with van der Waals surface area (Å²) in [7, 11) is 0. The van der Waals surface area contributed by atoms with Gasteiger partial charge in [-0.1, -0.05) is 6.08 Å². The van der Waals surface area contributed by atoms with Crippen LogP contribution in [0.1, 0.15) is 0 Å². The standard InChI is InChI=1S/C6H5F3O2/c7-6(8,9)11-5-3-1-2-4-10-5/h1-5H/t5-/m1/s1. The molecule has 5 heteroatoms. The first-order valence-electron chi connectivity index (χ1n) is 2.81. The molecule has 1 heterocycles. The second-order valence-electron chi connectivity index (χ2n) is 1.78. The molecular formula is C6H5F3O2. The minimum Gasteiger partial charge on any atom is -0.469 e. The third-order valence-electron chi connectivity index (χ3n) is 0.920. The highest BCUT2D eigenvalue weighted by atomic mass is 19.4. The molecule has 0 saturated carbocycles. The van der Waals surface area contributed by atoms with Crippen LogP contribution in [-0.2, 0) is 9.47 Å². The van der Waals surface area contributed by atoms with Gasteiger partial charge in [-0.3, -0.25) is 0 Å². The molecule has 0 aromatic carbocycles. The van der Waals surface area contributed by atoms with Gasteiger partial charge in [0.05, 0.1) is 6.26 Å². The molecule has 0 saturated heterocycles. The lowest BCUT2D eigenvalue weighted by atomic mass is 10.4. The van der Waals surface area contributed by atoms with E-state index in [-0.39, 0.29) is 0 Å². The Balaban J connectivity index is 2.39. The van der Waals surface area contributed by atoms with Gasteiger partial charge in [0.2, 0.25) is 6.29 Å². The molecule has 0 fully saturated rings. The number of hydrogen-bond donors (Lipinski definition) is 0. The molecule has 0 bridgehead atoms. The van der Waals surface area contributed by atoms with Crippen molar-refractivity contribution in [2.24, 2.45) is 0 Å². The van der Waals surface area contributed by atoms with Gasteiger partial charge in [0.15, 0.2) is 0 Å². The van der Waals surface area contributed by atoms with E-state index >= 15 is 0 Å².